The summed E-state index contributed by atoms with van der Waals surface area (Å²) in [6.07, 6.45) is 5.77. The Morgan fingerprint density at radius 2 is 2.38 bits per heavy atom. The van der Waals surface area contributed by atoms with Gasteiger partial charge in [-0.15, -0.1) is 0 Å². The van der Waals surface area contributed by atoms with Crippen molar-refractivity contribution in [2.45, 2.75) is 6.92 Å². The molecule has 0 saturated carbocycles. The normalized spacial score (nSPS) is 10.9. The molecule has 0 aliphatic heterocycles. The van der Waals surface area contributed by atoms with Gasteiger partial charge in [0.1, 0.15) is 5.82 Å². The van der Waals surface area contributed by atoms with Crippen molar-refractivity contribution >= 4 is 11.9 Å². The predicted molar refractivity (Wildman–Crippen MR) is 56.3 cm³/mol. The molecule has 0 fully saturated rings. The van der Waals surface area contributed by atoms with Gasteiger partial charge in [-0.1, -0.05) is 12.2 Å². The first kappa shape index (κ1) is 9.74. The minimum absolute atomic E-state index is 0.581. The fourth-order valence-electron chi connectivity index (χ4n) is 1.04. The molecule has 0 amide bonds. The summed E-state index contributed by atoms with van der Waals surface area (Å²) in [5, 5.41) is 3.02. The molecule has 1 aromatic rings. The van der Waals surface area contributed by atoms with Crippen LogP contribution in [0.25, 0.3) is 6.08 Å². The van der Waals surface area contributed by atoms with Gasteiger partial charge in [-0.25, -0.2) is 4.98 Å². The number of nitrogens with zero attached hydrogens (tertiary/aromatic N) is 1. The summed E-state index contributed by atoms with van der Waals surface area (Å²) >= 11 is 0. The maximum Gasteiger partial charge on any atom is 0.130 e. The van der Waals surface area contributed by atoms with Crippen LogP contribution in [0.1, 0.15) is 11.1 Å². The number of anilines is 1. The van der Waals surface area contributed by atoms with E-state index >= 15 is 0 Å². The van der Waals surface area contributed by atoms with Crippen LogP contribution in [0.3, 0.4) is 0 Å². The van der Waals surface area contributed by atoms with E-state index in [0.29, 0.717) is 5.82 Å². The van der Waals surface area contributed by atoms with Crippen molar-refractivity contribution < 1.29 is 0 Å². The first-order chi connectivity index (χ1) is 6.24. The molecular weight excluding hydrogens is 162 g/mol. The molecule has 13 heavy (non-hydrogen) atoms. The molecule has 3 N–H and O–H groups in total. The third-order valence-corrected chi connectivity index (χ3v) is 1.71. The molecule has 0 spiro atoms. The van der Waals surface area contributed by atoms with Crippen LogP contribution >= 0.6 is 0 Å². The zero-order chi connectivity index (χ0) is 9.68. The van der Waals surface area contributed by atoms with Crippen molar-refractivity contribution in [2.24, 2.45) is 0 Å². The Balaban J connectivity index is 2.81. The Morgan fingerprint density at radius 3 is 3.08 bits per heavy atom. The highest BCUT2D eigenvalue weighted by molar-refractivity contribution is 5.61. The average molecular weight is 177 g/mol. The molecule has 1 aromatic heterocycles. The molecule has 0 atom stereocenters. The van der Waals surface area contributed by atoms with Crippen LogP contribution in [0.2, 0.25) is 0 Å². The number of rotatable bonds is 3. The van der Waals surface area contributed by atoms with E-state index < -0.39 is 0 Å². The molecule has 0 aliphatic carbocycles. The summed E-state index contributed by atoms with van der Waals surface area (Å²) in [6, 6.07) is 2.02. The minimum atomic E-state index is 0.581. The first-order valence-electron chi connectivity index (χ1n) is 4.27. The van der Waals surface area contributed by atoms with Crippen LogP contribution in [0.5, 0.6) is 0 Å². The summed E-state index contributed by atoms with van der Waals surface area (Å²) in [5.41, 5.74) is 7.79. The molecule has 3 heteroatoms. The molecule has 0 saturated heterocycles. The Hall–Kier alpha value is -1.35. The Kier molecular flexibility index (Phi) is 3.46. The van der Waals surface area contributed by atoms with Crippen molar-refractivity contribution in [3.05, 3.63) is 29.5 Å². The van der Waals surface area contributed by atoms with Gasteiger partial charge in [0.25, 0.3) is 0 Å². The maximum atomic E-state index is 5.69. The number of nitrogens with one attached hydrogen (secondary N) is 1. The zero-order valence-corrected chi connectivity index (χ0v) is 8.04. The van der Waals surface area contributed by atoms with E-state index in [2.05, 4.69) is 10.3 Å². The molecule has 0 unspecified atom stereocenters. The van der Waals surface area contributed by atoms with Crippen LogP contribution in [-0.4, -0.2) is 18.6 Å². The highest BCUT2D eigenvalue weighted by Gasteiger charge is 1.95. The molecule has 0 radical (unpaired) electrons. The standard InChI is InChI=1S/C10H15N3/c1-8-6-9(4-3-5-12-2)10(11)13-7-8/h3-4,6-7,12H,5H2,1-2H3,(H2,11,13). The van der Waals surface area contributed by atoms with E-state index in [1.54, 1.807) is 6.20 Å². The Morgan fingerprint density at radius 1 is 1.62 bits per heavy atom. The lowest BCUT2D eigenvalue weighted by Crippen LogP contribution is -2.04. The molecule has 1 heterocycles. The van der Waals surface area contributed by atoms with E-state index in [4.69, 9.17) is 5.73 Å². The van der Waals surface area contributed by atoms with Crippen molar-refractivity contribution in [3.63, 3.8) is 0 Å². The predicted octanol–water partition coefficient (Wildman–Crippen LogP) is 1.20. The van der Waals surface area contributed by atoms with Gasteiger partial charge < -0.3 is 11.1 Å². The van der Waals surface area contributed by atoms with Crippen LogP contribution in [-0.2, 0) is 0 Å². The second kappa shape index (κ2) is 4.62. The van der Waals surface area contributed by atoms with E-state index in [-0.39, 0.29) is 0 Å². The topological polar surface area (TPSA) is 50.9 Å². The van der Waals surface area contributed by atoms with Gasteiger partial charge in [0.05, 0.1) is 0 Å². The lowest BCUT2D eigenvalue weighted by molar-refractivity contribution is 0.922. The van der Waals surface area contributed by atoms with E-state index in [1.165, 1.54) is 0 Å². The van der Waals surface area contributed by atoms with Gasteiger partial charge in [-0.2, -0.15) is 0 Å². The van der Waals surface area contributed by atoms with Gasteiger partial charge in [-0.3, -0.25) is 0 Å². The highest BCUT2D eigenvalue weighted by Crippen LogP contribution is 2.11. The lowest BCUT2D eigenvalue weighted by Gasteiger charge is -2.00. The third kappa shape index (κ3) is 2.87. The number of hydrogen-bond donors (Lipinski definition) is 2. The second-order valence-electron chi connectivity index (χ2n) is 2.95. The van der Waals surface area contributed by atoms with Crippen molar-refractivity contribution in [1.29, 1.82) is 0 Å². The SMILES string of the molecule is CNCC=Cc1cc(C)cnc1N. The molecule has 0 aromatic carbocycles. The van der Waals surface area contributed by atoms with Crippen molar-refractivity contribution in [1.82, 2.24) is 10.3 Å². The number of aryl methyl sites for hydroxylation is 1. The number of nitrogens with two attached hydrogens (primary N) is 1. The first-order valence-corrected chi connectivity index (χ1v) is 4.27. The third-order valence-electron chi connectivity index (χ3n) is 1.71. The molecule has 0 bridgehead atoms. The van der Waals surface area contributed by atoms with E-state index in [9.17, 15) is 0 Å². The number of likely N-dealkylation sites (N-methyl/N-ethyl adjacent to an activating group) is 1. The number of hydrogen-bond acceptors (Lipinski definition) is 3. The largest absolute Gasteiger partial charge is 0.383 e. The quantitative estimate of drug-likeness (QED) is 0.729. The monoisotopic (exact) mass is 177 g/mol. The summed E-state index contributed by atoms with van der Waals surface area (Å²) in [4.78, 5) is 4.06. The van der Waals surface area contributed by atoms with Gasteiger partial charge in [0, 0.05) is 18.3 Å². The molecule has 0 aliphatic rings. The zero-order valence-electron chi connectivity index (χ0n) is 8.04. The van der Waals surface area contributed by atoms with Crippen LogP contribution in [0.15, 0.2) is 18.3 Å². The van der Waals surface area contributed by atoms with Crippen LogP contribution in [0.4, 0.5) is 5.82 Å². The van der Waals surface area contributed by atoms with Crippen molar-refractivity contribution in [2.75, 3.05) is 19.3 Å². The van der Waals surface area contributed by atoms with E-state index in [0.717, 1.165) is 17.7 Å². The van der Waals surface area contributed by atoms with Gasteiger partial charge in [0.2, 0.25) is 0 Å². The smallest absolute Gasteiger partial charge is 0.130 e. The molecule has 70 valence electrons. The lowest BCUT2D eigenvalue weighted by atomic mass is 10.2. The minimum Gasteiger partial charge on any atom is -0.383 e. The Labute approximate surface area is 78.7 Å². The number of pyridine rings is 1. The van der Waals surface area contributed by atoms with E-state index in [1.807, 2.05) is 32.2 Å². The highest BCUT2D eigenvalue weighted by atomic mass is 14.8. The fraction of sp³-hybridized carbons (Fsp3) is 0.300. The van der Waals surface area contributed by atoms with Gasteiger partial charge in [0.15, 0.2) is 0 Å². The molecule has 3 nitrogen and oxygen atoms in total. The summed E-state index contributed by atoms with van der Waals surface area (Å²) in [7, 11) is 1.90. The summed E-state index contributed by atoms with van der Waals surface area (Å²) in [5.74, 6) is 0.581. The molecule has 1 rings (SSSR count). The van der Waals surface area contributed by atoms with Crippen LogP contribution < -0.4 is 11.1 Å². The number of nitrogen functional groups attached to an aromatic ring is 1. The summed E-state index contributed by atoms with van der Waals surface area (Å²) in [6.45, 7) is 2.84. The van der Waals surface area contributed by atoms with Gasteiger partial charge in [-0.05, 0) is 25.6 Å². The van der Waals surface area contributed by atoms with Crippen molar-refractivity contribution in [3.8, 4) is 0 Å². The second-order valence-corrected chi connectivity index (χ2v) is 2.95. The average Bonchev–Trinajstić information content (AvgIpc) is 2.11. The Bertz CT molecular complexity index is 305. The molecular formula is C10H15N3. The fourth-order valence-corrected chi connectivity index (χ4v) is 1.04. The maximum absolute atomic E-state index is 5.69. The number of aromatic nitrogens is 1. The van der Waals surface area contributed by atoms with Gasteiger partial charge >= 0.3 is 0 Å². The summed E-state index contributed by atoms with van der Waals surface area (Å²) < 4.78 is 0. The van der Waals surface area contributed by atoms with Crippen LogP contribution in [0, 0.1) is 6.92 Å².